The fourth-order valence-corrected chi connectivity index (χ4v) is 3.23. The first kappa shape index (κ1) is 14.3. The number of nitrogens with one attached hydrogen (secondary N) is 1. The Kier molecular flexibility index (Phi) is 4.09. The van der Waals surface area contributed by atoms with Gasteiger partial charge in [0.25, 0.3) is 0 Å². The summed E-state index contributed by atoms with van der Waals surface area (Å²) in [5.41, 5.74) is 1.55. The SMILES string of the molecule is CC(C(=O)Nc1ccc(C(=O)C2CC2)cc1)C1CCCC1. The van der Waals surface area contributed by atoms with E-state index in [2.05, 4.69) is 5.32 Å². The van der Waals surface area contributed by atoms with Crippen LogP contribution in [0.15, 0.2) is 24.3 Å². The molecule has 1 N–H and O–H groups in total. The molecule has 0 radical (unpaired) electrons. The molecule has 1 amide bonds. The maximum atomic E-state index is 12.3. The van der Waals surface area contributed by atoms with E-state index in [0.717, 1.165) is 24.1 Å². The molecule has 3 nitrogen and oxygen atoms in total. The van der Waals surface area contributed by atoms with Gasteiger partial charge in [0.15, 0.2) is 5.78 Å². The average Bonchev–Trinajstić information content (AvgIpc) is 3.21. The van der Waals surface area contributed by atoms with Gasteiger partial charge in [-0.25, -0.2) is 0 Å². The van der Waals surface area contributed by atoms with Crippen LogP contribution in [-0.4, -0.2) is 11.7 Å². The molecule has 1 atom stereocenters. The third kappa shape index (κ3) is 3.34. The molecule has 1 aromatic rings. The number of hydrogen-bond donors (Lipinski definition) is 1. The second-order valence-electron chi connectivity index (χ2n) is 6.54. The smallest absolute Gasteiger partial charge is 0.227 e. The van der Waals surface area contributed by atoms with E-state index in [-0.39, 0.29) is 23.5 Å². The van der Waals surface area contributed by atoms with Gasteiger partial charge in [-0.2, -0.15) is 0 Å². The van der Waals surface area contributed by atoms with E-state index in [1.165, 1.54) is 25.7 Å². The Morgan fingerprint density at radius 1 is 1.05 bits per heavy atom. The Balaban J connectivity index is 1.59. The van der Waals surface area contributed by atoms with Crippen molar-refractivity contribution in [1.29, 1.82) is 0 Å². The summed E-state index contributed by atoms with van der Waals surface area (Å²) in [5.74, 6) is 1.18. The van der Waals surface area contributed by atoms with Crippen molar-refractivity contribution in [3.63, 3.8) is 0 Å². The molecule has 0 aromatic heterocycles. The van der Waals surface area contributed by atoms with Crippen molar-refractivity contribution in [2.24, 2.45) is 17.8 Å². The predicted molar refractivity (Wildman–Crippen MR) is 83.2 cm³/mol. The highest BCUT2D eigenvalue weighted by Crippen LogP contribution is 2.33. The van der Waals surface area contributed by atoms with Crippen LogP contribution in [-0.2, 0) is 4.79 Å². The van der Waals surface area contributed by atoms with E-state index < -0.39 is 0 Å². The summed E-state index contributed by atoms with van der Waals surface area (Å²) in [6, 6.07) is 7.34. The number of Topliss-reactive ketones (excluding diaryl/α,β-unsaturated/α-hetero) is 1. The van der Waals surface area contributed by atoms with Crippen LogP contribution in [0.3, 0.4) is 0 Å². The standard InChI is InChI=1S/C18H23NO2/c1-12(13-4-2-3-5-13)18(21)19-16-10-8-15(9-11-16)17(20)14-6-7-14/h8-14H,2-7H2,1H3,(H,19,21). The first-order chi connectivity index (χ1) is 10.1. The van der Waals surface area contributed by atoms with Crippen LogP contribution in [0.1, 0.15) is 55.8 Å². The number of hydrogen-bond acceptors (Lipinski definition) is 2. The third-order valence-corrected chi connectivity index (χ3v) is 4.91. The first-order valence-electron chi connectivity index (χ1n) is 8.10. The summed E-state index contributed by atoms with van der Waals surface area (Å²) in [6.45, 7) is 2.02. The largest absolute Gasteiger partial charge is 0.326 e. The molecule has 3 heteroatoms. The second kappa shape index (κ2) is 6.00. The molecule has 1 aromatic carbocycles. The van der Waals surface area contributed by atoms with Gasteiger partial charge in [-0.05, 0) is 55.9 Å². The van der Waals surface area contributed by atoms with Gasteiger partial charge in [-0.15, -0.1) is 0 Å². The van der Waals surface area contributed by atoms with Crippen LogP contribution in [0, 0.1) is 17.8 Å². The Hall–Kier alpha value is -1.64. The van der Waals surface area contributed by atoms with Gasteiger partial charge in [0.1, 0.15) is 0 Å². The predicted octanol–water partition coefficient (Wildman–Crippen LogP) is 4.04. The van der Waals surface area contributed by atoms with Crippen LogP contribution in [0.25, 0.3) is 0 Å². The zero-order valence-corrected chi connectivity index (χ0v) is 12.6. The molecule has 0 spiro atoms. The minimum atomic E-state index is 0.0697. The Morgan fingerprint density at radius 2 is 1.67 bits per heavy atom. The van der Waals surface area contributed by atoms with Gasteiger partial charge in [-0.1, -0.05) is 19.8 Å². The third-order valence-electron chi connectivity index (χ3n) is 4.91. The molecule has 0 bridgehead atoms. The highest BCUT2D eigenvalue weighted by atomic mass is 16.2. The van der Waals surface area contributed by atoms with Crippen LogP contribution < -0.4 is 5.32 Å². The molecule has 1 unspecified atom stereocenters. The topological polar surface area (TPSA) is 46.2 Å². The van der Waals surface area contributed by atoms with E-state index in [1.807, 2.05) is 31.2 Å². The lowest BCUT2D eigenvalue weighted by Crippen LogP contribution is -2.25. The van der Waals surface area contributed by atoms with Crippen LogP contribution >= 0.6 is 0 Å². The molecule has 2 saturated carbocycles. The van der Waals surface area contributed by atoms with Gasteiger partial charge in [0, 0.05) is 23.1 Å². The molecular formula is C18H23NO2. The summed E-state index contributed by atoms with van der Waals surface area (Å²) >= 11 is 0. The zero-order chi connectivity index (χ0) is 14.8. The number of amides is 1. The second-order valence-corrected chi connectivity index (χ2v) is 6.54. The minimum absolute atomic E-state index is 0.0697. The van der Waals surface area contributed by atoms with Crippen molar-refractivity contribution in [1.82, 2.24) is 0 Å². The highest BCUT2D eigenvalue weighted by molar-refractivity contribution is 6.00. The molecule has 0 aliphatic heterocycles. The molecule has 2 aliphatic carbocycles. The molecule has 112 valence electrons. The van der Waals surface area contributed by atoms with E-state index >= 15 is 0 Å². The summed E-state index contributed by atoms with van der Waals surface area (Å²) in [4.78, 5) is 24.2. The van der Waals surface area contributed by atoms with Crippen LogP contribution in [0.4, 0.5) is 5.69 Å². The molecule has 3 rings (SSSR count). The monoisotopic (exact) mass is 285 g/mol. The van der Waals surface area contributed by atoms with Crippen LogP contribution in [0.5, 0.6) is 0 Å². The Labute approximate surface area is 126 Å². The van der Waals surface area contributed by atoms with Crippen molar-refractivity contribution >= 4 is 17.4 Å². The fraction of sp³-hybridized carbons (Fsp3) is 0.556. The lowest BCUT2D eigenvalue weighted by atomic mass is 9.92. The molecular weight excluding hydrogens is 262 g/mol. The number of ketones is 1. The van der Waals surface area contributed by atoms with Crippen molar-refractivity contribution in [2.75, 3.05) is 5.32 Å². The normalized spacial score (nSPS) is 20.2. The van der Waals surface area contributed by atoms with Gasteiger partial charge < -0.3 is 5.32 Å². The van der Waals surface area contributed by atoms with Gasteiger partial charge >= 0.3 is 0 Å². The summed E-state index contributed by atoms with van der Waals surface area (Å²) in [5, 5.41) is 2.98. The number of anilines is 1. The van der Waals surface area contributed by atoms with Gasteiger partial charge in [0.05, 0.1) is 0 Å². The number of carbonyl (C=O) groups excluding carboxylic acids is 2. The first-order valence-corrected chi connectivity index (χ1v) is 8.10. The van der Waals surface area contributed by atoms with Crippen molar-refractivity contribution < 1.29 is 9.59 Å². The number of rotatable bonds is 5. The quantitative estimate of drug-likeness (QED) is 0.830. The minimum Gasteiger partial charge on any atom is -0.326 e. The summed E-state index contributed by atoms with van der Waals surface area (Å²) in [6.07, 6.45) is 6.89. The van der Waals surface area contributed by atoms with E-state index in [9.17, 15) is 9.59 Å². The van der Waals surface area contributed by atoms with Gasteiger partial charge in [-0.3, -0.25) is 9.59 Å². The fourth-order valence-electron chi connectivity index (χ4n) is 3.23. The molecule has 21 heavy (non-hydrogen) atoms. The van der Waals surface area contributed by atoms with Crippen molar-refractivity contribution in [2.45, 2.75) is 45.4 Å². The highest BCUT2D eigenvalue weighted by Gasteiger charge is 2.30. The maximum Gasteiger partial charge on any atom is 0.227 e. The Morgan fingerprint density at radius 3 is 2.24 bits per heavy atom. The molecule has 0 saturated heterocycles. The van der Waals surface area contributed by atoms with E-state index in [0.29, 0.717) is 5.92 Å². The molecule has 2 aliphatic rings. The van der Waals surface area contributed by atoms with E-state index in [1.54, 1.807) is 0 Å². The van der Waals surface area contributed by atoms with Crippen molar-refractivity contribution in [3.8, 4) is 0 Å². The van der Waals surface area contributed by atoms with Crippen molar-refractivity contribution in [3.05, 3.63) is 29.8 Å². The van der Waals surface area contributed by atoms with Gasteiger partial charge in [0.2, 0.25) is 5.91 Å². The summed E-state index contributed by atoms with van der Waals surface area (Å²) < 4.78 is 0. The lowest BCUT2D eigenvalue weighted by Gasteiger charge is -2.18. The Bertz CT molecular complexity index is 525. The number of benzene rings is 1. The zero-order valence-electron chi connectivity index (χ0n) is 12.6. The summed E-state index contributed by atoms with van der Waals surface area (Å²) in [7, 11) is 0. The number of carbonyl (C=O) groups is 2. The average molecular weight is 285 g/mol. The molecule has 0 heterocycles. The van der Waals surface area contributed by atoms with Crippen LogP contribution in [0.2, 0.25) is 0 Å². The van der Waals surface area contributed by atoms with E-state index in [4.69, 9.17) is 0 Å². The lowest BCUT2D eigenvalue weighted by molar-refractivity contribution is -0.120. The molecule has 2 fully saturated rings. The maximum absolute atomic E-state index is 12.3.